The second kappa shape index (κ2) is 10.5. The first-order valence-corrected chi connectivity index (χ1v) is 11.3. The average Bonchev–Trinajstić information content (AvgIpc) is 3.35. The van der Waals surface area contributed by atoms with Crippen molar-refractivity contribution in [2.75, 3.05) is 41.9 Å². The Morgan fingerprint density at radius 1 is 0.971 bits per heavy atom. The van der Waals surface area contributed by atoms with Crippen molar-refractivity contribution in [3.05, 3.63) is 77.3 Å². The van der Waals surface area contributed by atoms with E-state index in [9.17, 15) is 4.39 Å². The molecule has 35 heavy (non-hydrogen) atoms. The van der Waals surface area contributed by atoms with E-state index in [1.54, 1.807) is 24.3 Å². The SMILES string of the molecule is Fc1ccc(Nc2nc(NN=Cc3ccc(-c4cccc(Cl)c4)o3)nc(N3CCOCC3)n2)cc1. The van der Waals surface area contributed by atoms with Crippen LogP contribution in [0.3, 0.4) is 0 Å². The number of furan rings is 1. The van der Waals surface area contributed by atoms with Gasteiger partial charge in [-0.3, -0.25) is 0 Å². The maximum Gasteiger partial charge on any atom is 0.250 e. The maximum atomic E-state index is 13.3. The Bertz CT molecular complexity index is 1320. The van der Waals surface area contributed by atoms with Gasteiger partial charge in [0.05, 0.1) is 19.4 Å². The fourth-order valence-corrected chi connectivity index (χ4v) is 3.60. The number of nitrogens with zero attached hydrogens (tertiary/aromatic N) is 5. The molecule has 3 heterocycles. The summed E-state index contributed by atoms with van der Waals surface area (Å²) in [5.74, 6) is 1.91. The summed E-state index contributed by atoms with van der Waals surface area (Å²) in [7, 11) is 0. The summed E-state index contributed by atoms with van der Waals surface area (Å²) in [4.78, 5) is 15.4. The first-order valence-electron chi connectivity index (χ1n) is 10.9. The van der Waals surface area contributed by atoms with Gasteiger partial charge in [-0.2, -0.15) is 20.1 Å². The molecule has 0 amide bonds. The van der Waals surface area contributed by atoms with E-state index in [4.69, 9.17) is 20.8 Å². The third kappa shape index (κ3) is 5.92. The Morgan fingerprint density at radius 2 is 1.77 bits per heavy atom. The summed E-state index contributed by atoms with van der Waals surface area (Å²) in [6, 6.07) is 17.0. The van der Waals surface area contributed by atoms with Crippen molar-refractivity contribution in [3.8, 4) is 11.3 Å². The van der Waals surface area contributed by atoms with Gasteiger partial charge < -0.3 is 19.4 Å². The third-order valence-electron chi connectivity index (χ3n) is 5.11. The number of nitrogens with one attached hydrogen (secondary N) is 2. The van der Waals surface area contributed by atoms with Gasteiger partial charge >= 0.3 is 0 Å². The molecule has 0 unspecified atom stereocenters. The van der Waals surface area contributed by atoms with Gasteiger partial charge in [-0.25, -0.2) is 9.82 Å². The Balaban J connectivity index is 1.34. The highest BCUT2D eigenvalue weighted by atomic mass is 35.5. The zero-order valence-corrected chi connectivity index (χ0v) is 19.2. The molecule has 1 fully saturated rings. The Hall–Kier alpha value is -4.02. The molecule has 0 saturated carbocycles. The molecule has 4 aromatic rings. The van der Waals surface area contributed by atoms with E-state index in [0.29, 0.717) is 60.4 Å². The number of hydrogen-bond donors (Lipinski definition) is 2. The van der Waals surface area contributed by atoms with Crippen LogP contribution in [0.15, 0.2) is 70.2 Å². The molecule has 1 aliphatic rings. The Kier molecular flexibility index (Phi) is 6.82. The zero-order valence-electron chi connectivity index (χ0n) is 18.5. The highest BCUT2D eigenvalue weighted by molar-refractivity contribution is 6.30. The molecule has 0 aliphatic carbocycles. The number of hydrazone groups is 1. The van der Waals surface area contributed by atoms with Crippen LogP contribution in [0.1, 0.15) is 5.76 Å². The van der Waals surface area contributed by atoms with Gasteiger partial charge in [-0.05, 0) is 48.5 Å². The number of halogens is 2. The maximum absolute atomic E-state index is 13.3. The van der Waals surface area contributed by atoms with Crippen molar-refractivity contribution in [3.63, 3.8) is 0 Å². The molecule has 5 rings (SSSR count). The van der Waals surface area contributed by atoms with E-state index in [2.05, 4.69) is 30.8 Å². The van der Waals surface area contributed by atoms with Crippen LogP contribution in [0.5, 0.6) is 0 Å². The van der Waals surface area contributed by atoms with Crippen molar-refractivity contribution in [2.45, 2.75) is 0 Å². The van der Waals surface area contributed by atoms with Crippen LogP contribution >= 0.6 is 11.6 Å². The summed E-state index contributed by atoms with van der Waals surface area (Å²) in [6.07, 6.45) is 1.53. The fraction of sp³-hybridized carbons (Fsp3) is 0.167. The molecule has 1 aliphatic heterocycles. The number of hydrogen-bond acceptors (Lipinski definition) is 9. The summed E-state index contributed by atoms with van der Waals surface area (Å²) in [5.41, 5.74) is 4.35. The zero-order chi connectivity index (χ0) is 24.0. The standard InChI is InChI=1S/C24H21ClFN7O2/c25-17-3-1-2-16(14-17)21-9-8-20(35-21)15-27-32-23-29-22(28-19-6-4-18(26)5-7-19)30-24(31-23)33-10-12-34-13-11-33/h1-9,14-15H,10-13H2,(H2,28,29,30,31,32). The minimum absolute atomic E-state index is 0.240. The number of rotatable bonds is 7. The largest absolute Gasteiger partial charge is 0.455 e. The van der Waals surface area contributed by atoms with Crippen molar-refractivity contribution in [1.29, 1.82) is 0 Å². The van der Waals surface area contributed by atoms with Gasteiger partial charge in [0, 0.05) is 29.4 Å². The van der Waals surface area contributed by atoms with Crippen molar-refractivity contribution in [1.82, 2.24) is 15.0 Å². The lowest BCUT2D eigenvalue weighted by atomic mass is 10.2. The topological polar surface area (TPSA) is 101 Å². The lowest BCUT2D eigenvalue weighted by molar-refractivity contribution is 0.122. The van der Waals surface area contributed by atoms with E-state index in [-0.39, 0.29) is 11.8 Å². The number of benzene rings is 2. The minimum atomic E-state index is -0.326. The van der Waals surface area contributed by atoms with Crippen LogP contribution in [0.4, 0.5) is 27.9 Å². The number of morpholine rings is 1. The molecule has 0 spiro atoms. The van der Waals surface area contributed by atoms with Crippen LogP contribution in [-0.4, -0.2) is 47.5 Å². The van der Waals surface area contributed by atoms with E-state index in [0.717, 1.165) is 5.56 Å². The van der Waals surface area contributed by atoms with Gasteiger partial charge in [0.15, 0.2) is 0 Å². The lowest BCUT2D eigenvalue weighted by Crippen LogP contribution is -2.37. The molecular weight excluding hydrogens is 473 g/mol. The summed E-state index contributed by atoms with van der Waals surface area (Å²) in [6.45, 7) is 2.48. The molecule has 2 aromatic heterocycles. The third-order valence-corrected chi connectivity index (χ3v) is 5.35. The van der Waals surface area contributed by atoms with Crippen LogP contribution in [0, 0.1) is 5.82 Å². The Morgan fingerprint density at radius 3 is 2.57 bits per heavy atom. The quantitative estimate of drug-likeness (QED) is 0.275. The normalized spacial score (nSPS) is 13.8. The first-order chi connectivity index (χ1) is 17.1. The van der Waals surface area contributed by atoms with Crippen LogP contribution in [0.25, 0.3) is 11.3 Å². The molecular formula is C24H21ClFN7O2. The predicted octanol–water partition coefficient (Wildman–Crippen LogP) is 4.95. The number of aromatic nitrogens is 3. The van der Waals surface area contributed by atoms with E-state index < -0.39 is 0 Å². The van der Waals surface area contributed by atoms with Crippen LogP contribution < -0.4 is 15.6 Å². The molecule has 178 valence electrons. The first kappa shape index (κ1) is 22.8. The van der Waals surface area contributed by atoms with Gasteiger partial charge in [0.25, 0.3) is 0 Å². The van der Waals surface area contributed by atoms with E-state index >= 15 is 0 Å². The van der Waals surface area contributed by atoms with E-state index in [1.807, 2.05) is 29.2 Å². The highest BCUT2D eigenvalue weighted by Crippen LogP contribution is 2.24. The minimum Gasteiger partial charge on any atom is -0.455 e. The molecule has 2 N–H and O–H groups in total. The second-order valence-corrected chi connectivity index (χ2v) is 8.03. The molecule has 0 bridgehead atoms. The molecule has 0 radical (unpaired) electrons. The summed E-state index contributed by atoms with van der Waals surface area (Å²) in [5, 5.41) is 7.92. The van der Waals surface area contributed by atoms with Gasteiger partial charge in [0.1, 0.15) is 17.3 Å². The average molecular weight is 494 g/mol. The van der Waals surface area contributed by atoms with Crippen molar-refractivity contribution in [2.24, 2.45) is 5.10 Å². The van der Waals surface area contributed by atoms with Crippen molar-refractivity contribution >= 4 is 41.3 Å². The number of anilines is 4. The van der Waals surface area contributed by atoms with E-state index in [1.165, 1.54) is 18.3 Å². The van der Waals surface area contributed by atoms with Crippen molar-refractivity contribution < 1.29 is 13.5 Å². The van der Waals surface area contributed by atoms with Crippen LogP contribution in [0.2, 0.25) is 5.02 Å². The lowest BCUT2D eigenvalue weighted by Gasteiger charge is -2.27. The monoisotopic (exact) mass is 493 g/mol. The molecule has 1 saturated heterocycles. The second-order valence-electron chi connectivity index (χ2n) is 7.60. The summed E-state index contributed by atoms with van der Waals surface area (Å²) < 4.78 is 24.5. The fourth-order valence-electron chi connectivity index (χ4n) is 3.41. The smallest absolute Gasteiger partial charge is 0.250 e. The van der Waals surface area contributed by atoms with Gasteiger partial charge in [0.2, 0.25) is 17.8 Å². The number of ether oxygens (including phenoxy) is 1. The van der Waals surface area contributed by atoms with Gasteiger partial charge in [-0.15, -0.1) is 0 Å². The summed E-state index contributed by atoms with van der Waals surface area (Å²) >= 11 is 6.06. The molecule has 2 aromatic carbocycles. The highest BCUT2D eigenvalue weighted by Gasteiger charge is 2.17. The Labute approximate surface area is 205 Å². The predicted molar refractivity (Wildman–Crippen MR) is 133 cm³/mol. The van der Waals surface area contributed by atoms with Crippen LogP contribution in [-0.2, 0) is 4.74 Å². The molecule has 9 nitrogen and oxygen atoms in total. The van der Waals surface area contributed by atoms with Gasteiger partial charge in [-0.1, -0.05) is 23.7 Å². The molecule has 0 atom stereocenters. The molecule has 11 heteroatoms.